The van der Waals surface area contributed by atoms with E-state index in [1.165, 1.54) is 0 Å². The third-order valence-electron chi connectivity index (χ3n) is 3.17. The van der Waals surface area contributed by atoms with Gasteiger partial charge in [-0.1, -0.05) is 42.5 Å². The molecule has 2 rings (SSSR count). The van der Waals surface area contributed by atoms with E-state index in [4.69, 9.17) is 14.6 Å². The fourth-order valence-electron chi connectivity index (χ4n) is 1.94. The van der Waals surface area contributed by atoms with E-state index in [1.807, 2.05) is 54.6 Å². The lowest BCUT2D eigenvalue weighted by Crippen LogP contribution is -2.05. The van der Waals surface area contributed by atoms with Gasteiger partial charge in [0.15, 0.2) is 0 Å². The van der Waals surface area contributed by atoms with E-state index < -0.39 is 5.97 Å². The molecule has 116 valence electrons. The molecule has 0 bridgehead atoms. The van der Waals surface area contributed by atoms with Crippen LogP contribution in [0.2, 0.25) is 0 Å². The van der Waals surface area contributed by atoms with E-state index >= 15 is 0 Å². The molecule has 2 aromatic rings. The lowest BCUT2D eigenvalue weighted by molar-refractivity contribution is -0.138. The number of aliphatic carboxylic acids is 1. The van der Waals surface area contributed by atoms with Gasteiger partial charge in [0.05, 0.1) is 19.6 Å². The zero-order valence-electron chi connectivity index (χ0n) is 12.4. The molecular weight excluding hydrogens is 280 g/mol. The first kappa shape index (κ1) is 16.0. The third kappa shape index (κ3) is 5.97. The standard InChI is InChI=1S/C18H20O4/c19-18(20)11-13-21-12-10-15-6-8-17(9-7-15)22-14-16-4-2-1-3-5-16/h1-9H,10-14H2,(H,19,20). The average Bonchev–Trinajstić information content (AvgIpc) is 2.54. The van der Waals surface area contributed by atoms with Crippen molar-refractivity contribution >= 4 is 5.97 Å². The number of carbonyl (C=O) groups is 1. The van der Waals surface area contributed by atoms with E-state index in [9.17, 15) is 4.79 Å². The molecule has 0 radical (unpaired) electrons. The van der Waals surface area contributed by atoms with Gasteiger partial charge in [-0.05, 0) is 29.7 Å². The van der Waals surface area contributed by atoms with Gasteiger partial charge < -0.3 is 14.6 Å². The molecule has 0 aliphatic heterocycles. The summed E-state index contributed by atoms with van der Waals surface area (Å²) in [6.45, 7) is 1.34. The number of hydrogen-bond acceptors (Lipinski definition) is 3. The number of carboxylic acid groups (broad SMARTS) is 1. The van der Waals surface area contributed by atoms with Crippen LogP contribution in [-0.2, 0) is 22.6 Å². The molecule has 2 aromatic carbocycles. The van der Waals surface area contributed by atoms with E-state index in [0.29, 0.717) is 13.2 Å². The minimum atomic E-state index is -0.833. The molecule has 0 aliphatic carbocycles. The summed E-state index contributed by atoms with van der Waals surface area (Å²) < 4.78 is 11.0. The summed E-state index contributed by atoms with van der Waals surface area (Å²) in [6, 6.07) is 17.9. The van der Waals surface area contributed by atoms with Crippen LogP contribution in [0, 0.1) is 0 Å². The first-order valence-electron chi connectivity index (χ1n) is 7.29. The highest BCUT2D eigenvalue weighted by atomic mass is 16.5. The molecule has 4 heteroatoms. The van der Waals surface area contributed by atoms with Crippen LogP contribution in [0.25, 0.3) is 0 Å². The molecular formula is C18H20O4. The average molecular weight is 300 g/mol. The van der Waals surface area contributed by atoms with Crippen LogP contribution in [0.15, 0.2) is 54.6 Å². The van der Waals surface area contributed by atoms with Crippen LogP contribution in [0.1, 0.15) is 17.5 Å². The van der Waals surface area contributed by atoms with Crippen molar-refractivity contribution in [2.24, 2.45) is 0 Å². The van der Waals surface area contributed by atoms with Gasteiger partial charge in [-0.15, -0.1) is 0 Å². The Morgan fingerprint density at radius 1 is 0.909 bits per heavy atom. The maximum Gasteiger partial charge on any atom is 0.305 e. The lowest BCUT2D eigenvalue weighted by Gasteiger charge is -2.07. The Balaban J connectivity index is 1.70. The summed E-state index contributed by atoms with van der Waals surface area (Å²) in [5.74, 6) is -0.000633. The lowest BCUT2D eigenvalue weighted by atomic mass is 10.1. The molecule has 0 aromatic heterocycles. The molecule has 0 spiro atoms. The fourth-order valence-corrected chi connectivity index (χ4v) is 1.94. The molecule has 1 N–H and O–H groups in total. The van der Waals surface area contributed by atoms with E-state index in [-0.39, 0.29) is 13.0 Å². The number of benzene rings is 2. The van der Waals surface area contributed by atoms with Gasteiger partial charge in [-0.3, -0.25) is 4.79 Å². The fraction of sp³-hybridized carbons (Fsp3) is 0.278. The van der Waals surface area contributed by atoms with Crippen LogP contribution in [-0.4, -0.2) is 24.3 Å². The second kappa shape index (κ2) is 8.85. The first-order valence-corrected chi connectivity index (χ1v) is 7.29. The molecule has 4 nitrogen and oxygen atoms in total. The summed E-state index contributed by atoms with van der Waals surface area (Å²) in [4.78, 5) is 10.3. The molecule has 0 heterocycles. The highest BCUT2D eigenvalue weighted by Gasteiger charge is 1.99. The van der Waals surface area contributed by atoms with Crippen LogP contribution in [0.5, 0.6) is 5.75 Å². The first-order chi connectivity index (χ1) is 10.7. The van der Waals surface area contributed by atoms with E-state index in [0.717, 1.165) is 23.3 Å². The van der Waals surface area contributed by atoms with Gasteiger partial charge in [-0.25, -0.2) is 0 Å². The zero-order valence-corrected chi connectivity index (χ0v) is 12.4. The van der Waals surface area contributed by atoms with Crippen LogP contribution >= 0.6 is 0 Å². The van der Waals surface area contributed by atoms with Crippen molar-refractivity contribution in [2.45, 2.75) is 19.4 Å². The summed E-state index contributed by atoms with van der Waals surface area (Å²) in [5.41, 5.74) is 2.28. The second-order valence-electron chi connectivity index (χ2n) is 4.92. The van der Waals surface area contributed by atoms with E-state index in [2.05, 4.69) is 0 Å². The Bertz CT molecular complexity index is 563. The topological polar surface area (TPSA) is 55.8 Å². The summed E-state index contributed by atoms with van der Waals surface area (Å²) >= 11 is 0. The van der Waals surface area contributed by atoms with Crippen molar-refractivity contribution in [2.75, 3.05) is 13.2 Å². The minimum absolute atomic E-state index is 0.0479. The van der Waals surface area contributed by atoms with Gasteiger partial charge in [0.25, 0.3) is 0 Å². The quantitative estimate of drug-likeness (QED) is 0.722. The molecule has 22 heavy (non-hydrogen) atoms. The second-order valence-corrected chi connectivity index (χ2v) is 4.92. The van der Waals surface area contributed by atoms with Gasteiger partial charge >= 0.3 is 5.97 Å². The smallest absolute Gasteiger partial charge is 0.305 e. The summed E-state index contributed by atoms with van der Waals surface area (Å²) in [5, 5.41) is 8.50. The van der Waals surface area contributed by atoms with Crippen molar-refractivity contribution in [3.8, 4) is 5.75 Å². The molecule has 0 saturated carbocycles. The number of ether oxygens (including phenoxy) is 2. The third-order valence-corrected chi connectivity index (χ3v) is 3.17. The Hall–Kier alpha value is -2.33. The molecule has 0 saturated heterocycles. The Labute approximate surface area is 130 Å². The van der Waals surface area contributed by atoms with Crippen molar-refractivity contribution in [3.63, 3.8) is 0 Å². The predicted octanol–water partition coefficient (Wildman–Crippen LogP) is 3.30. The van der Waals surface area contributed by atoms with Gasteiger partial charge in [0.1, 0.15) is 12.4 Å². The SMILES string of the molecule is O=C(O)CCOCCc1ccc(OCc2ccccc2)cc1. The van der Waals surface area contributed by atoms with Crippen molar-refractivity contribution in [3.05, 3.63) is 65.7 Å². The van der Waals surface area contributed by atoms with Crippen molar-refractivity contribution in [1.82, 2.24) is 0 Å². The Morgan fingerprint density at radius 2 is 1.64 bits per heavy atom. The Morgan fingerprint density at radius 3 is 2.32 bits per heavy atom. The monoisotopic (exact) mass is 300 g/mol. The maximum absolute atomic E-state index is 10.3. The van der Waals surface area contributed by atoms with Gasteiger partial charge in [0.2, 0.25) is 0 Å². The molecule has 0 aliphatic rings. The highest BCUT2D eigenvalue weighted by Crippen LogP contribution is 2.14. The summed E-state index contributed by atoms with van der Waals surface area (Å²) in [7, 11) is 0. The number of hydrogen-bond donors (Lipinski definition) is 1. The maximum atomic E-state index is 10.3. The number of rotatable bonds is 9. The van der Waals surface area contributed by atoms with Crippen LogP contribution < -0.4 is 4.74 Å². The molecule has 0 unspecified atom stereocenters. The van der Waals surface area contributed by atoms with Gasteiger partial charge in [-0.2, -0.15) is 0 Å². The summed E-state index contributed by atoms with van der Waals surface area (Å²) in [6.07, 6.45) is 0.810. The zero-order chi connectivity index (χ0) is 15.6. The largest absolute Gasteiger partial charge is 0.489 e. The molecule has 0 atom stereocenters. The molecule has 0 amide bonds. The minimum Gasteiger partial charge on any atom is -0.489 e. The van der Waals surface area contributed by atoms with Crippen molar-refractivity contribution in [1.29, 1.82) is 0 Å². The highest BCUT2D eigenvalue weighted by molar-refractivity contribution is 5.66. The van der Waals surface area contributed by atoms with Crippen molar-refractivity contribution < 1.29 is 19.4 Å². The van der Waals surface area contributed by atoms with Crippen LogP contribution in [0.4, 0.5) is 0 Å². The van der Waals surface area contributed by atoms with Crippen LogP contribution in [0.3, 0.4) is 0 Å². The van der Waals surface area contributed by atoms with Gasteiger partial charge in [0, 0.05) is 0 Å². The normalized spacial score (nSPS) is 10.4. The Kier molecular flexibility index (Phi) is 6.45. The predicted molar refractivity (Wildman–Crippen MR) is 84.0 cm³/mol. The van der Waals surface area contributed by atoms with E-state index in [1.54, 1.807) is 0 Å². The number of carboxylic acids is 1. The molecule has 0 fully saturated rings.